The van der Waals surface area contributed by atoms with E-state index in [1.54, 1.807) is 0 Å². The van der Waals surface area contributed by atoms with Crippen LogP contribution in [0.25, 0.3) is 0 Å². The Balaban J connectivity index is 2.73. The number of hydrogen-bond donors (Lipinski definition) is 1. The van der Waals surface area contributed by atoms with E-state index in [2.05, 4.69) is 5.32 Å². The second-order valence-corrected chi connectivity index (χ2v) is 4.04. The minimum atomic E-state index is -0.543. The van der Waals surface area contributed by atoms with Crippen LogP contribution in [0.5, 0.6) is 0 Å². The third-order valence-corrected chi connectivity index (χ3v) is 2.74. The standard InChI is InChI=1S/C13H19F2NO/c1-4-17-9(2)13(16-3)7-10-5-11(14)8-12(15)6-10/h5-6,8-9,13,16H,4,7H2,1-3H3. The van der Waals surface area contributed by atoms with E-state index in [9.17, 15) is 8.78 Å². The Labute approximate surface area is 101 Å². The molecule has 0 aliphatic carbocycles. The van der Waals surface area contributed by atoms with Gasteiger partial charge in [-0.1, -0.05) is 0 Å². The Morgan fingerprint density at radius 2 is 1.82 bits per heavy atom. The van der Waals surface area contributed by atoms with E-state index in [1.165, 1.54) is 12.1 Å². The Morgan fingerprint density at radius 3 is 2.29 bits per heavy atom. The highest BCUT2D eigenvalue weighted by atomic mass is 19.1. The molecule has 1 aromatic carbocycles. The zero-order chi connectivity index (χ0) is 12.8. The van der Waals surface area contributed by atoms with Crippen LogP contribution >= 0.6 is 0 Å². The molecule has 96 valence electrons. The van der Waals surface area contributed by atoms with E-state index >= 15 is 0 Å². The Kier molecular flexibility index (Phi) is 5.51. The molecule has 0 bridgehead atoms. The summed E-state index contributed by atoms with van der Waals surface area (Å²) in [5.74, 6) is -1.09. The lowest BCUT2D eigenvalue weighted by atomic mass is 10.0. The molecule has 17 heavy (non-hydrogen) atoms. The highest BCUT2D eigenvalue weighted by Crippen LogP contribution is 2.12. The molecule has 0 saturated heterocycles. The monoisotopic (exact) mass is 243 g/mol. The summed E-state index contributed by atoms with van der Waals surface area (Å²) in [6, 6.07) is 3.62. The number of halogens is 2. The van der Waals surface area contributed by atoms with Crippen LogP contribution in [-0.2, 0) is 11.2 Å². The van der Waals surface area contributed by atoms with Crippen molar-refractivity contribution in [3.63, 3.8) is 0 Å². The molecular weight excluding hydrogens is 224 g/mol. The van der Waals surface area contributed by atoms with E-state index < -0.39 is 11.6 Å². The van der Waals surface area contributed by atoms with Crippen molar-refractivity contribution in [1.82, 2.24) is 5.32 Å². The quantitative estimate of drug-likeness (QED) is 0.829. The lowest BCUT2D eigenvalue weighted by molar-refractivity contribution is 0.0496. The average molecular weight is 243 g/mol. The predicted molar refractivity (Wildman–Crippen MR) is 64.0 cm³/mol. The van der Waals surface area contributed by atoms with Gasteiger partial charge in [-0.3, -0.25) is 0 Å². The average Bonchev–Trinajstić information content (AvgIpc) is 2.24. The van der Waals surface area contributed by atoms with E-state index in [0.717, 1.165) is 6.07 Å². The van der Waals surface area contributed by atoms with Gasteiger partial charge in [-0.15, -0.1) is 0 Å². The first-order valence-corrected chi connectivity index (χ1v) is 5.80. The summed E-state index contributed by atoms with van der Waals surface area (Å²) in [5.41, 5.74) is 0.633. The maximum Gasteiger partial charge on any atom is 0.126 e. The first-order valence-electron chi connectivity index (χ1n) is 5.80. The van der Waals surface area contributed by atoms with E-state index in [1.807, 2.05) is 20.9 Å². The van der Waals surface area contributed by atoms with Crippen molar-refractivity contribution in [2.45, 2.75) is 32.4 Å². The number of benzene rings is 1. The van der Waals surface area contributed by atoms with Crippen molar-refractivity contribution in [3.05, 3.63) is 35.4 Å². The van der Waals surface area contributed by atoms with Crippen LogP contribution in [-0.4, -0.2) is 25.8 Å². The number of hydrogen-bond acceptors (Lipinski definition) is 2. The summed E-state index contributed by atoms with van der Waals surface area (Å²) >= 11 is 0. The third kappa shape index (κ3) is 4.40. The summed E-state index contributed by atoms with van der Waals surface area (Å²) < 4.78 is 31.6. The predicted octanol–water partition coefficient (Wildman–Crippen LogP) is 2.52. The van der Waals surface area contributed by atoms with Crippen molar-refractivity contribution < 1.29 is 13.5 Å². The van der Waals surface area contributed by atoms with Crippen LogP contribution in [0.4, 0.5) is 8.78 Å². The first kappa shape index (κ1) is 14.1. The Bertz CT molecular complexity index is 337. The van der Waals surface area contributed by atoms with E-state index in [4.69, 9.17) is 4.74 Å². The fraction of sp³-hybridized carbons (Fsp3) is 0.538. The first-order chi connectivity index (χ1) is 8.06. The van der Waals surface area contributed by atoms with E-state index in [0.29, 0.717) is 18.6 Å². The second kappa shape index (κ2) is 6.67. The number of likely N-dealkylation sites (N-methyl/N-ethyl adjacent to an activating group) is 1. The topological polar surface area (TPSA) is 21.3 Å². The van der Waals surface area contributed by atoms with Gasteiger partial charge in [-0.2, -0.15) is 0 Å². The zero-order valence-electron chi connectivity index (χ0n) is 10.5. The van der Waals surface area contributed by atoms with Gasteiger partial charge in [-0.25, -0.2) is 8.78 Å². The summed E-state index contributed by atoms with van der Waals surface area (Å²) in [5, 5.41) is 3.10. The fourth-order valence-electron chi connectivity index (χ4n) is 1.86. The summed E-state index contributed by atoms with van der Waals surface area (Å²) in [4.78, 5) is 0. The molecule has 1 rings (SSSR count). The van der Waals surface area contributed by atoms with Gasteiger partial charge < -0.3 is 10.1 Å². The van der Waals surface area contributed by atoms with Gasteiger partial charge in [0.25, 0.3) is 0 Å². The molecule has 0 spiro atoms. The molecule has 0 heterocycles. The van der Waals surface area contributed by atoms with Gasteiger partial charge >= 0.3 is 0 Å². The van der Waals surface area contributed by atoms with Crippen molar-refractivity contribution in [2.75, 3.05) is 13.7 Å². The molecule has 2 atom stereocenters. The molecule has 2 unspecified atom stereocenters. The molecule has 0 amide bonds. The maximum absolute atomic E-state index is 13.0. The van der Waals surface area contributed by atoms with Gasteiger partial charge in [-0.05, 0) is 45.0 Å². The summed E-state index contributed by atoms with van der Waals surface area (Å²) in [7, 11) is 1.82. The molecule has 4 heteroatoms. The van der Waals surface area contributed by atoms with Crippen LogP contribution in [0, 0.1) is 11.6 Å². The van der Waals surface area contributed by atoms with Crippen molar-refractivity contribution in [3.8, 4) is 0 Å². The van der Waals surface area contributed by atoms with Crippen LogP contribution in [0.2, 0.25) is 0 Å². The maximum atomic E-state index is 13.0. The molecular formula is C13H19F2NO. The largest absolute Gasteiger partial charge is 0.377 e. The lowest BCUT2D eigenvalue weighted by Crippen LogP contribution is -2.39. The van der Waals surface area contributed by atoms with Crippen LogP contribution < -0.4 is 5.32 Å². The molecule has 0 fully saturated rings. The number of nitrogens with one attached hydrogen (secondary N) is 1. The third-order valence-electron chi connectivity index (χ3n) is 2.74. The van der Waals surface area contributed by atoms with Crippen LogP contribution in [0.1, 0.15) is 19.4 Å². The van der Waals surface area contributed by atoms with Gasteiger partial charge in [0.2, 0.25) is 0 Å². The lowest BCUT2D eigenvalue weighted by Gasteiger charge is -2.23. The van der Waals surface area contributed by atoms with Gasteiger partial charge in [0.05, 0.1) is 6.10 Å². The highest BCUT2D eigenvalue weighted by molar-refractivity contribution is 5.19. The molecule has 0 saturated carbocycles. The minimum Gasteiger partial charge on any atom is -0.377 e. The Hall–Kier alpha value is -1.00. The normalized spacial score (nSPS) is 14.6. The summed E-state index contributed by atoms with van der Waals surface area (Å²) in [6.07, 6.45) is 0.531. The second-order valence-electron chi connectivity index (χ2n) is 4.04. The van der Waals surface area contributed by atoms with Crippen LogP contribution in [0.15, 0.2) is 18.2 Å². The highest BCUT2D eigenvalue weighted by Gasteiger charge is 2.16. The molecule has 0 radical (unpaired) electrons. The SMILES string of the molecule is CCOC(C)C(Cc1cc(F)cc(F)c1)NC. The molecule has 0 aliphatic heterocycles. The molecule has 0 aliphatic rings. The van der Waals surface area contributed by atoms with Crippen molar-refractivity contribution >= 4 is 0 Å². The summed E-state index contributed by atoms with van der Waals surface area (Å²) in [6.45, 7) is 4.49. The van der Waals surface area contributed by atoms with Gasteiger partial charge in [0.15, 0.2) is 0 Å². The Morgan fingerprint density at radius 1 is 1.24 bits per heavy atom. The van der Waals surface area contributed by atoms with Gasteiger partial charge in [0.1, 0.15) is 11.6 Å². The molecule has 0 aromatic heterocycles. The molecule has 1 N–H and O–H groups in total. The smallest absolute Gasteiger partial charge is 0.126 e. The molecule has 2 nitrogen and oxygen atoms in total. The molecule has 1 aromatic rings. The van der Waals surface area contributed by atoms with Gasteiger partial charge in [0, 0.05) is 18.7 Å². The fourth-order valence-corrected chi connectivity index (χ4v) is 1.86. The van der Waals surface area contributed by atoms with Crippen molar-refractivity contribution in [1.29, 1.82) is 0 Å². The number of rotatable bonds is 6. The van der Waals surface area contributed by atoms with E-state index in [-0.39, 0.29) is 12.1 Å². The number of ether oxygens (including phenoxy) is 1. The zero-order valence-corrected chi connectivity index (χ0v) is 10.5. The minimum absolute atomic E-state index is 0.00340. The van der Waals surface area contributed by atoms with Crippen LogP contribution in [0.3, 0.4) is 0 Å². The van der Waals surface area contributed by atoms with Crippen molar-refractivity contribution in [2.24, 2.45) is 0 Å².